The second kappa shape index (κ2) is 6.01. The highest BCUT2D eigenvalue weighted by atomic mass is 16.8. The van der Waals surface area contributed by atoms with Gasteiger partial charge in [0, 0.05) is 0 Å². The van der Waals surface area contributed by atoms with Crippen molar-refractivity contribution in [2.45, 2.75) is 18.8 Å². The molecule has 19 heavy (non-hydrogen) atoms. The molecule has 2 rings (SSSR count). The Morgan fingerprint density at radius 2 is 2.21 bits per heavy atom. The van der Waals surface area contributed by atoms with Crippen molar-refractivity contribution in [2.24, 2.45) is 0 Å². The van der Waals surface area contributed by atoms with Crippen LogP contribution in [0.25, 0.3) is 0 Å². The van der Waals surface area contributed by atoms with Gasteiger partial charge in [0.25, 0.3) is 0 Å². The van der Waals surface area contributed by atoms with Crippen LogP contribution >= 0.6 is 0 Å². The van der Waals surface area contributed by atoms with Gasteiger partial charge in [-0.05, 0) is 19.1 Å². The number of aliphatic hydroxyl groups excluding tert-OH is 1. The van der Waals surface area contributed by atoms with Crippen molar-refractivity contribution in [1.29, 1.82) is 0 Å². The lowest BCUT2D eigenvalue weighted by Gasteiger charge is -2.22. The van der Waals surface area contributed by atoms with E-state index in [0.717, 1.165) is 0 Å². The number of ether oxygens (including phenoxy) is 4. The number of carbonyl (C=O) groups excluding carboxylic acids is 1. The molecule has 0 aliphatic carbocycles. The Balaban J connectivity index is 1.78. The van der Waals surface area contributed by atoms with Gasteiger partial charge in [-0.3, -0.25) is 0 Å². The maximum absolute atomic E-state index is 11.5. The van der Waals surface area contributed by atoms with Gasteiger partial charge in [0.1, 0.15) is 18.5 Å². The highest BCUT2D eigenvalue weighted by Crippen LogP contribution is 2.23. The summed E-state index contributed by atoms with van der Waals surface area (Å²) >= 11 is 0. The molecule has 0 aromatic heterocycles. The van der Waals surface area contributed by atoms with E-state index in [1.54, 1.807) is 31.2 Å². The summed E-state index contributed by atoms with van der Waals surface area (Å²) in [6.45, 7) is 1.67. The Labute approximate surface area is 110 Å². The zero-order valence-corrected chi connectivity index (χ0v) is 10.6. The Hall–Kier alpha value is -1.63. The van der Waals surface area contributed by atoms with Crippen molar-refractivity contribution < 1.29 is 28.8 Å². The van der Waals surface area contributed by atoms with Gasteiger partial charge in [0.05, 0.1) is 13.2 Å². The van der Waals surface area contributed by atoms with Crippen molar-refractivity contribution in [2.75, 3.05) is 19.8 Å². The van der Waals surface area contributed by atoms with Crippen LogP contribution in [0.3, 0.4) is 0 Å². The van der Waals surface area contributed by atoms with Crippen LogP contribution in [-0.2, 0) is 14.2 Å². The first-order valence-corrected chi connectivity index (χ1v) is 5.93. The van der Waals surface area contributed by atoms with Crippen LogP contribution in [0.2, 0.25) is 0 Å². The SMILES string of the molecule is C[C@@]1(COC(=O)Oc2ccccc2)OCC(CO)O1. The minimum Gasteiger partial charge on any atom is -0.428 e. The number of carbonyl (C=O) groups is 1. The largest absolute Gasteiger partial charge is 0.514 e. The molecule has 104 valence electrons. The maximum Gasteiger partial charge on any atom is 0.514 e. The predicted octanol–water partition coefficient (Wildman–Crippen LogP) is 1.33. The van der Waals surface area contributed by atoms with E-state index in [-0.39, 0.29) is 19.8 Å². The molecular weight excluding hydrogens is 252 g/mol. The van der Waals surface area contributed by atoms with Crippen LogP contribution in [-0.4, -0.2) is 43.0 Å². The number of benzene rings is 1. The van der Waals surface area contributed by atoms with E-state index in [0.29, 0.717) is 5.75 Å². The Kier molecular flexibility index (Phi) is 4.36. The Morgan fingerprint density at radius 3 is 2.84 bits per heavy atom. The average molecular weight is 268 g/mol. The topological polar surface area (TPSA) is 74.2 Å². The molecule has 0 spiro atoms. The normalized spacial score (nSPS) is 26.1. The van der Waals surface area contributed by atoms with Crippen LogP contribution in [0.4, 0.5) is 4.79 Å². The third-order valence-corrected chi connectivity index (χ3v) is 2.59. The smallest absolute Gasteiger partial charge is 0.428 e. The summed E-state index contributed by atoms with van der Waals surface area (Å²) < 4.78 is 20.6. The molecular formula is C13H16O6. The summed E-state index contributed by atoms with van der Waals surface area (Å²) in [6.07, 6.45) is -1.22. The van der Waals surface area contributed by atoms with E-state index in [2.05, 4.69) is 0 Å². The fourth-order valence-corrected chi connectivity index (χ4v) is 1.66. The van der Waals surface area contributed by atoms with E-state index in [4.69, 9.17) is 24.1 Å². The van der Waals surface area contributed by atoms with Gasteiger partial charge in [-0.1, -0.05) is 18.2 Å². The van der Waals surface area contributed by atoms with E-state index < -0.39 is 18.0 Å². The van der Waals surface area contributed by atoms with Crippen molar-refractivity contribution >= 4 is 6.16 Å². The van der Waals surface area contributed by atoms with Crippen LogP contribution in [0, 0.1) is 0 Å². The molecule has 1 N–H and O–H groups in total. The summed E-state index contributed by atoms with van der Waals surface area (Å²) in [5.74, 6) is -0.637. The van der Waals surface area contributed by atoms with Gasteiger partial charge in [-0.15, -0.1) is 0 Å². The molecule has 0 radical (unpaired) electrons. The zero-order valence-electron chi connectivity index (χ0n) is 10.6. The summed E-state index contributed by atoms with van der Waals surface area (Å²) in [4.78, 5) is 11.5. The third-order valence-electron chi connectivity index (χ3n) is 2.59. The lowest BCUT2D eigenvalue weighted by atomic mass is 10.3. The minimum absolute atomic E-state index is 0.102. The predicted molar refractivity (Wildman–Crippen MR) is 64.7 cm³/mol. The molecule has 1 fully saturated rings. The van der Waals surface area contributed by atoms with Crippen LogP contribution < -0.4 is 4.74 Å². The van der Waals surface area contributed by atoms with E-state index >= 15 is 0 Å². The van der Waals surface area contributed by atoms with Crippen LogP contribution in [0.1, 0.15) is 6.92 Å². The van der Waals surface area contributed by atoms with E-state index in [9.17, 15) is 4.79 Å². The number of hydrogen-bond acceptors (Lipinski definition) is 6. The molecule has 1 unspecified atom stereocenters. The average Bonchev–Trinajstić information content (AvgIpc) is 2.80. The molecule has 1 aliphatic rings. The zero-order chi connectivity index (χ0) is 13.7. The summed E-state index contributed by atoms with van der Waals surface area (Å²) in [5.41, 5.74) is 0. The highest BCUT2D eigenvalue weighted by Gasteiger charge is 2.38. The van der Waals surface area contributed by atoms with E-state index in [1.807, 2.05) is 6.07 Å². The van der Waals surface area contributed by atoms with Crippen LogP contribution in [0.5, 0.6) is 5.75 Å². The number of aliphatic hydroxyl groups is 1. The highest BCUT2D eigenvalue weighted by molar-refractivity contribution is 5.63. The molecule has 1 aromatic carbocycles. The van der Waals surface area contributed by atoms with Crippen molar-refractivity contribution in [3.05, 3.63) is 30.3 Å². The fourth-order valence-electron chi connectivity index (χ4n) is 1.66. The first kappa shape index (κ1) is 13.8. The van der Waals surface area contributed by atoms with Gasteiger partial charge < -0.3 is 24.1 Å². The molecule has 1 saturated heterocycles. The second-order valence-electron chi connectivity index (χ2n) is 4.32. The standard InChI is InChI=1S/C13H16O6/c1-13(17-8-11(7-14)19-13)9-16-12(15)18-10-5-3-2-4-6-10/h2-6,11,14H,7-9H2,1H3/t11?,13-/m1/s1. The number of para-hydroxylation sites is 1. The number of hydrogen-bond donors (Lipinski definition) is 1. The molecule has 1 aliphatic heterocycles. The van der Waals surface area contributed by atoms with Crippen LogP contribution in [0.15, 0.2) is 30.3 Å². The van der Waals surface area contributed by atoms with Crippen molar-refractivity contribution in [3.63, 3.8) is 0 Å². The van der Waals surface area contributed by atoms with Gasteiger partial charge in [0.2, 0.25) is 5.79 Å². The summed E-state index contributed by atoms with van der Waals surface area (Å²) in [7, 11) is 0. The van der Waals surface area contributed by atoms with Gasteiger partial charge in [0.15, 0.2) is 0 Å². The van der Waals surface area contributed by atoms with Crippen molar-refractivity contribution in [3.8, 4) is 5.75 Å². The molecule has 0 saturated carbocycles. The Bertz CT molecular complexity index is 420. The monoisotopic (exact) mass is 268 g/mol. The third kappa shape index (κ3) is 3.92. The van der Waals surface area contributed by atoms with Crippen molar-refractivity contribution in [1.82, 2.24) is 0 Å². The van der Waals surface area contributed by atoms with Gasteiger partial charge in [-0.2, -0.15) is 0 Å². The minimum atomic E-state index is -1.04. The molecule has 1 heterocycles. The molecule has 0 amide bonds. The van der Waals surface area contributed by atoms with Gasteiger partial charge >= 0.3 is 6.16 Å². The van der Waals surface area contributed by atoms with Gasteiger partial charge in [-0.25, -0.2) is 4.79 Å². The lowest BCUT2D eigenvalue weighted by Crippen LogP contribution is -2.35. The molecule has 6 heteroatoms. The van der Waals surface area contributed by atoms with E-state index in [1.165, 1.54) is 0 Å². The Morgan fingerprint density at radius 1 is 1.47 bits per heavy atom. The fraction of sp³-hybridized carbons (Fsp3) is 0.462. The number of rotatable bonds is 4. The summed E-state index contributed by atoms with van der Waals surface area (Å²) in [5, 5.41) is 8.93. The molecule has 6 nitrogen and oxygen atoms in total. The maximum atomic E-state index is 11.5. The lowest BCUT2D eigenvalue weighted by molar-refractivity contribution is -0.183. The molecule has 0 bridgehead atoms. The first-order chi connectivity index (χ1) is 9.11. The summed E-state index contributed by atoms with van der Waals surface area (Å²) in [6, 6.07) is 8.60. The second-order valence-corrected chi connectivity index (χ2v) is 4.32. The quantitative estimate of drug-likeness (QED) is 0.656. The molecule has 1 aromatic rings. The first-order valence-electron chi connectivity index (χ1n) is 5.93. The molecule has 2 atom stereocenters.